The van der Waals surface area contributed by atoms with Crippen LogP contribution < -0.4 is 10.6 Å². The van der Waals surface area contributed by atoms with Crippen LogP contribution in [0.3, 0.4) is 0 Å². The summed E-state index contributed by atoms with van der Waals surface area (Å²) < 4.78 is 15.7. The van der Waals surface area contributed by atoms with Gasteiger partial charge in [0.2, 0.25) is 0 Å². The topological polar surface area (TPSA) is 107 Å². The van der Waals surface area contributed by atoms with Crippen LogP contribution in [0.1, 0.15) is 45.9 Å². The first kappa shape index (κ1) is 21.3. The summed E-state index contributed by atoms with van der Waals surface area (Å²) >= 11 is 0. The number of hydrogen-bond acceptors (Lipinski definition) is 6. The molecular weight excluding hydrogens is 364 g/mol. The SMILES string of the molecule is C[C@H](NC(=O)COC(=O)CCNC(=O)OC(C)(C)C)c1cc2ccccc2o1. The largest absolute Gasteiger partial charge is 0.459 e. The van der Waals surface area contributed by atoms with Crippen LogP contribution in [0.2, 0.25) is 0 Å². The van der Waals surface area contributed by atoms with Crippen molar-refractivity contribution in [3.05, 3.63) is 36.1 Å². The van der Waals surface area contributed by atoms with Gasteiger partial charge in [0.1, 0.15) is 16.9 Å². The number of nitrogens with one attached hydrogen (secondary N) is 2. The fraction of sp³-hybridized carbons (Fsp3) is 0.450. The first-order valence-electron chi connectivity index (χ1n) is 9.04. The van der Waals surface area contributed by atoms with Crippen LogP contribution in [0.15, 0.2) is 34.7 Å². The Hall–Kier alpha value is -3.03. The summed E-state index contributed by atoms with van der Waals surface area (Å²) in [5.41, 5.74) is 0.127. The average molecular weight is 390 g/mol. The first-order chi connectivity index (χ1) is 13.1. The second kappa shape index (κ2) is 9.25. The van der Waals surface area contributed by atoms with E-state index in [-0.39, 0.29) is 19.0 Å². The zero-order valence-electron chi connectivity index (χ0n) is 16.5. The monoisotopic (exact) mass is 390 g/mol. The van der Waals surface area contributed by atoms with E-state index in [0.717, 1.165) is 11.0 Å². The van der Waals surface area contributed by atoms with Crippen molar-refractivity contribution in [3.63, 3.8) is 0 Å². The van der Waals surface area contributed by atoms with Gasteiger partial charge in [0.15, 0.2) is 6.61 Å². The quantitative estimate of drug-likeness (QED) is 0.704. The van der Waals surface area contributed by atoms with Gasteiger partial charge in [0.05, 0.1) is 12.5 Å². The highest BCUT2D eigenvalue weighted by Crippen LogP contribution is 2.23. The van der Waals surface area contributed by atoms with Crippen LogP contribution in [0.5, 0.6) is 0 Å². The third-order valence-corrected chi connectivity index (χ3v) is 3.61. The number of ether oxygens (including phenoxy) is 2. The summed E-state index contributed by atoms with van der Waals surface area (Å²) in [6.07, 6.45) is -0.677. The average Bonchev–Trinajstić information content (AvgIpc) is 3.02. The third-order valence-electron chi connectivity index (χ3n) is 3.61. The molecule has 1 aromatic carbocycles. The molecule has 0 bridgehead atoms. The zero-order valence-corrected chi connectivity index (χ0v) is 16.5. The molecule has 1 atom stereocenters. The molecule has 0 radical (unpaired) electrons. The Bertz CT molecular complexity index is 804. The first-order valence-corrected chi connectivity index (χ1v) is 9.04. The number of fused-ring (bicyclic) bond motifs is 1. The molecule has 1 heterocycles. The number of carbonyl (C=O) groups is 3. The number of furan rings is 1. The van der Waals surface area contributed by atoms with E-state index in [4.69, 9.17) is 13.9 Å². The predicted molar refractivity (Wildman–Crippen MR) is 103 cm³/mol. The highest BCUT2D eigenvalue weighted by atomic mass is 16.6. The lowest BCUT2D eigenvalue weighted by Crippen LogP contribution is -2.34. The molecule has 28 heavy (non-hydrogen) atoms. The van der Waals surface area contributed by atoms with E-state index >= 15 is 0 Å². The van der Waals surface area contributed by atoms with Crippen LogP contribution in [0, 0.1) is 0 Å². The zero-order chi connectivity index (χ0) is 20.7. The van der Waals surface area contributed by atoms with Crippen molar-refractivity contribution in [2.45, 2.75) is 45.8 Å². The van der Waals surface area contributed by atoms with Gasteiger partial charge >= 0.3 is 12.1 Å². The van der Waals surface area contributed by atoms with Crippen molar-refractivity contribution < 1.29 is 28.3 Å². The summed E-state index contributed by atoms with van der Waals surface area (Å²) in [5, 5.41) is 6.11. The van der Waals surface area contributed by atoms with Gasteiger partial charge in [-0.25, -0.2) is 4.79 Å². The molecule has 0 saturated carbocycles. The fourth-order valence-corrected chi connectivity index (χ4v) is 2.37. The second-order valence-electron chi connectivity index (χ2n) is 7.32. The van der Waals surface area contributed by atoms with Crippen molar-refractivity contribution in [3.8, 4) is 0 Å². The molecule has 0 saturated heterocycles. The van der Waals surface area contributed by atoms with Crippen LogP contribution in [0.25, 0.3) is 11.0 Å². The van der Waals surface area contributed by atoms with Gasteiger partial charge in [-0.1, -0.05) is 18.2 Å². The molecule has 0 unspecified atom stereocenters. The van der Waals surface area contributed by atoms with Crippen LogP contribution in [-0.2, 0) is 19.1 Å². The third kappa shape index (κ3) is 6.94. The molecule has 2 N–H and O–H groups in total. The Kier molecular flexibility index (Phi) is 7.03. The van der Waals surface area contributed by atoms with Crippen LogP contribution in [-0.4, -0.2) is 36.7 Å². The smallest absolute Gasteiger partial charge is 0.407 e. The van der Waals surface area contributed by atoms with E-state index in [1.54, 1.807) is 27.7 Å². The van der Waals surface area contributed by atoms with Gasteiger partial charge in [-0.05, 0) is 39.8 Å². The Morgan fingerprint density at radius 2 is 1.89 bits per heavy atom. The van der Waals surface area contributed by atoms with Gasteiger partial charge in [-0.15, -0.1) is 0 Å². The molecule has 152 valence electrons. The van der Waals surface area contributed by atoms with E-state index < -0.39 is 30.2 Å². The van der Waals surface area contributed by atoms with Gasteiger partial charge in [-0.2, -0.15) is 0 Å². The highest BCUT2D eigenvalue weighted by Gasteiger charge is 2.17. The van der Waals surface area contributed by atoms with Crippen LogP contribution >= 0.6 is 0 Å². The van der Waals surface area contributed by atoms with E-state index in [9.17, 15) is 14.4 Å². The summed E-state index contributed by atoms with van der Waals surface area (Å²) in [6.45, 7) is 6.66. The summed E-state index contributed by atoms with van der Waals surface area (Å²) in [6, 6.07) is 9.03. The molecular formula is C20H26N2O6. The predicted octanol–water partition coefficient (Wildman–Crippen LogP) is 3.07. The molecule has 0 aliphatic carbocycles. The second-order valence-corrected chi connectivity index (χ2v) is 7.32. The number of esters is 1. The lowest BCUT2D eigenvalue weighted by atomic mass is 10.2. The van der Waals surface area contributed by atoms with Gasteiger partial charge in [-0.3, -0.25) is 9.59 Å². The van der Waals surface area contributed by atoms with Crippen molar-refractivity contribution in [2.24, 2.45) is 0 Å². The normalized spacial score (nSPS) is 12.3. The lowest BCUT2D eigenvalue weighted by molar-refractivity contribution is -0.148. The van der Waals surface area contributed by atoms with Crippen molar-refractivity contribution in [1.82, 2.24) is 10.6 Å². The Morgan fingerprint density at radius 1 is 1.18 bits per heavy atom. The summed E-state index contributed by atoms with van der Waals surface area (Å²) in [5.74, 6) is -0.425. The molecule has 8 nitrogen and oxygen atoms in total. The van der Waals surface area contributed by atoms with Crippen molar-refractivity contribution in [1.29, 1.82) is 0 Å². The maximum atomic E-state index is 12.0. The van der Waals surface area contributed by atoms with Crippen LogP contribution in [0.4, 0.5) is 4.79 Å². The molecule has 2 amide bonds. The van der Waals surface area contributed by atoms with Crippen molar-refractivity contribution in [2.75, 3.05) is 13.2 Å². The Balaban J connectivity index is 1.68. The minimum Gasteiger partial charge on any atom is -0.459 e. The standard InChI is InChI=1S/C20H26N2O6/c1-13(16-11-14-7-5-6-8-15(14)27-16)22-17(23)12-26-18(24)9-10-21-19(25)28-20(2,3)4/h5-8,11,13H,9-10,12H2,1-4H3,(H,21,25)(H,22,23)/t13-/m0/s1. The van der Waals surface area contributed by atoms with E-state index in [2.05, 4.69) is 10.6 Å². The van der Waals surface area contributed by atoms with E-state index in [0.29, 0.717) is 5.76 Å². The highest BCUT2D eigenvalue weighted by molar-refractivity contribution is 5.81. The molecule has 0 fully saturated rings. The molecule has 2 aromatic rings. The number of hydrogen-bond donors (Lipinski definition) is 2. The number of para-hydroxylation sites is 1. The van der Waals surface area contributed by atoms with E-state index in [1.807, 2.05) is 30.3 Å². The molecule has 0 aliphatic rings. The van der Waals surface area contributed by atoms with Gasteiger partial charge in [0, 0.05) is 11.9 Å². The van der Waals surface area contributed by atoms with Gasteiger partial charge < -0.3 is 24.5 Å². The maximum Gasteiger partial charge on any atom is 0.407 e. The number of amides is 2. The van der Waals surface area contributed by atoms with E-state index in [1.165, 1.54) is 0 Å². The molecule has 1 aromatic heterocycles. The minimum absolute atomic E-state index is 0.0603. The van der Waals surface area contributed by atoms with Gasteiger partial charge in [0.25, 0.3) is 5.91 Å². The number of benzene rings is 1. The number of rotatable bonds is 7. The summed E-state index contributed by atoms with van der Waals surface area (Å²) in [4.78, 5) is 35.1. The van der Waals surface area contributed by atoms with Crippen molar-refractivity contribution >= 4 is 28.9 Å². The Morgan fingerprint density at radius 3 is 2.57 bits per heavy atom. The number of alkyl carbamates (subject to hydrolysis) is 1. The lowest BCUT2D eigenvalue weighted by Gasteiger charge is -2.19. The molecule has 2 rings (SSSR count). The minimum atomic E-state index is -0.613. The molecule has 8 heteroatoms. The Labute approximate surface area is 163 Å². The molecule has 0 spiro atoms. The maximum absolute atomic E-state index is 12.0. The number of carbonyl (C=O) groups excluding carboxylic acids is 3. The fourth-order valence-electron chi connectivity index (χ4n) is 2.37. The summed E-state index contributed by atoms with van der Waals surface area (Å²) in [7, 11) is 0. The molecule has 0 aliphatic heterocycles.